The van der Waals surface area contributed by atoms with Gasteiger partial charge in [-0.15, -0.1) is 10.2 Å². The molecule has 84 valence electrons. The van der Waals surface area contributed by atoms with Gasteiger partial charge in [-0.2, -0.15) is 0 Å². The molecule has 5 heteroatoms. The van der Waals surface area contributed by atoms with Crippen LogP contribution in [0.2, 0.25) is 0 Å². The number of hydrogen-bond acceptors (Lipinski definition) is 5. The van der Waals surface area contributed by atoms with Gasteiger partial charge in [0.15, 0.2) is 0 Å². The molecule has 1 aromatic carbocycles. The molecule has 0 radical (unpaired) electrons. The zero-order chi connectivity index (χ0) is 11.4. The van der Waals surface area contributed by atoms with Gasteiger partial charge in [-0.05, 0) is 24.3 Å². The van der Waals surface area contributed by atoms with Crippen LogP contribution in [0, 0.1) is 0 Å². The van der Waals surface area contributed by atoms with Crippen LogP contribution in [0.15, 0.2) is 33.9 Å². The number of benzene rings is 1. The molecule has 2 N–H and O–H groups in total. The molecule has 2 rings (SSSR count). The largest absolute Gasteiger partial charge is 0.416 e. The van der Waals surface area contributed by atoms with Gasteiger partial charge in [0.25, 0.3) is 5.22 Å². The summed E-state index contributed by atoms with van der Waals surface area (Å²) in [6.07, 6.45) is 3.46. The maximum Gasteiger partial charge on any atom is 0.276 e. The van der Waals surface area contributed by atoms with Crippen LogP contribution in [-0.4, -0.2) is 16.5 Å². The van der Waals surface area contributed by atoms with E-state index in [-0.39, 0.29) is 0 Å². The SMILES string of the molecule is CSc1nnc(CCc2ccccc2N)o1. The van der Waals surface area contributed by atoms with E-state index in [4.69, 9.17) is 10.2 Å². The van der Waals surface area contributed by atoms with Crippen molar-refractivity contribution in [1.29, 1.82) is 0 Å². The number of anilines is 1. The predicted molar refractivity (Wildman–Crippen MR) is 64.3 cm³/mol. The highest BCUT2D eigenvalue weighted by atomic mass is 32.2. The Balaban J connectivity index is 1.99. The first-order chi connectivity index (χ1) is 7.79. The first kappa shape index (κ1) is 11.0. The summed E-state index contributed by atoms with van der Waals surface area (Å²) >= 11 is 1.45. The molecule has 0 aliphatic rings. The molecule has 0 bridgehead atoms. The van der Waals surface area contributed by atoms with Crippen LogP contribution >= 0.6 is 11.8 Å². The van der Waals surface area contributed by atoms with E-state index in [9.17, 15) is 0 Å². The molecule has 0 saturated heterocycles. The van der Waals surface area contributed by atoms with E-state index in [1.165, 1.54) is 11.8 Å². The Kier molecular flexibility index (Phi) is 3.46. The van der Waals surface area contributed by atoms with E-state index in [0.717, 1.165) is 24.1 Å². The van der Waals surface area contributed by atoms with Gasteiger partial charge < -0.3 is 10.2 Å². The third-order valence-electron chi connectivity index (χ3n) is 2.29. The Labute approximate surface area is 98.2 Å². The number of nitrogens with zero attached hydrogens (tertiary/aromatic N) is 2. The van der Waals surface area contributed by atoms with Crippen molar-refractivity contribution in [3.63, 3.8) is 0 Å². The summed E-state index contributed by atoms with van der Waals surface area (Å²) in [7, 11) is 0. The third kappa shape index (κ3) is 2.55. The maximum atomic E-state index is 5.85. The lowest BCUT2D eigenvalue weighted by Crippen LogP contribution is -1.96. The fourth-order valence-electron chi connectivity index (χ4n) is 1.43. The molecule has 0 atom stereocenters. The number of aryl methyl sites for hydroxylation is 2. The number of rotatable bonds is 4. The van der Waals surface area contributed by atoms with Crippen molar-refractivity contribution in [2.45, 2.75) is 18.1 Å². The fourth-order valence-corrected chi connectivity index (χ4v) is 1.73. The Morgan fingerprint density at radius 3 is 2.75 bits per heavy atom. The molecule has 0 aliphatic carbocycles. The van der Waals surface area contributed by atoms with Crippen LogP contribution in [0.4, 0.5) is 5.69 Å². The standard InChI is InChI=1S/C11H13N3OS/c1-16-11-14-13-10(15-11)7-6-8-4-2-3-5-9(8)12/h2-5H,6-7,12H2,1H3. The van der Waals surface area contributed by atoms with Gasteiger partial charge in [0, 0.05) is 12.1 Å². The van der Waals surface area contributed by atoms with Gasteiger partial charge in [-0.3, -0.25) is 0 Å². The van der Waals surface area contributed by atoms with E-state index < -0.39 is 0 Å². The molecule has 0 spiro atoms. The summed E-state index contributed by atoms with van der Waals surface area (Å²) in [5, 5.41) is 8.45. The van der Waals surface area contributed by atoms with Crippen molar-refractivity contribution in [3.05, 3.63) is 35.7 Å². The normalized spacial score (nSPS) is 10.6. The lowest BCUT2D eigenvalue weighted by atomic mass is 10.1. The highest BCUT2D eigenvalue weighted by Crippen LogP contribution is 2.16. The molecule has 16 heavy (non-hydrogen) atoms. The Morgan fingerprint density at radius 2 is 2.06 bits per heavy atom. The minimum Gasteiger partial charge on any atom is -0.416 e. The molecule has 0 amide bonds. The quantitative estimate of drug-likeness (QED) is 0.650. The van der Waals surface area contributed by atoms with Crippen molar-refractivity contribution in [1.82, 2.24) is 10.2 Å². The van der Waals surface area contributed by atoms with E-state index in [1.54, 1.807) is 0 Å². The number of aromatic nitrogens is 2. The molecule has 0 unspecified atom stereocenters. The number of nitrogen functional groups attached to an aromatic ring is 1. The average Bonchev–Trinajstić information content (AvgIpc) is 2.76. The third-order valence-corrected chi connectivity index (χ3v) is 2.80. The topological polar surface area (TPSA) is 64.9 Å². The second-order valence-corrected chi connectivity index (χ2v) is 4.12. The van der Waals surface area contributed by atoms with Gasteiger partial charge >= 0.3 is 0 Å². The summed E-state index contributed by atoms with van der Waals surface area (Å²) < 4.78 is 5.39. The molecule has 0 saturated carbocycles. The molecule has 1 aromatic heterocycles. The second-order valence-electron chi connectivity index (χ2n) is 3.36. The molecule has 0 fully saturated rings. The number of nitrogens with two attached hydrogens (primary N) is 1. The van der Waals surface area contributed by atoms with E-state index >= 15 is 0 Å². The van der Waals surface area contributed by atoms with Gasteiger partial charge in [0.2, 0.25) is 5.89 Å². The smallest absolute Gasteiger partial charge is 0.276 e. The molecule has 2 aromatic rings. The van der Waals surface area contributed by atoms with Crippen molar-refractivity contribution in [2.75, 3.05) is 12.0 Å². The second kappa shape index (κ2) is 5.03. The minimum atomic E-state index is 0.607. The Morgan fingerprint density at radius 1 is 1.25 bits per heavy atom. The number of hydrogen-bond donors (Lipinski definition) is 1. The Bertz CT molecular complexity index is 470. The number of thioether (sulfide) groups is 1. The minimum absolute atomic E-state index is 0.607. The predicted octanol–water partition coefficient (Wildman–Crippen LogP) is 2.16. The van der Waals surface area contributed by atoms with Crippen LogP contribution in [0.1, 0.15) is 11.5 Å². The van der Waals surface area contributed by atoms with Crippen molar-refractivity contribution in [2.24, 2.45) is 0 Å². The summed E-state index contributed by atoms with van der Waals surface area (Å²) in [6.45, 7) is 0. The number of para-hydroxylation sites is 1. The van der Waals surface area contributed by atoms with Crippen molar-refractivity contribution < 1.29 is 4.42 Å². The zero-order valence-corrected chi connectivity index (χ0v) is 9.83. The van der Waals surface area contributed by atoms with Crippen molar-refractivity contribution >= 4 is 17.4 Å². The monoisotopic (exact) mass is 235 g/mol. The summed E-state index contributed by atoms with van der Waals surface area (Å²) in [5.41, 5.74) is 7.77. The van der Waals surface area contributed by atoms with Crippen LogP contribution in [0.25, 0.3) is 0 Å². The fraction of sp³-hybridized carbons (Fsp3) is 0.273. The first-order valence-electron chi connectivity index (χ1n) is 4.99. The van der Waals surface area contributed by atoms with E-state index in [1.807, 2.05) is 30.5 Å². The first-order valence-corrected chi connectivity index (χ1v) is 6.22. The Hall–Kier alpha value is -1.49. The van der Waals surface area contributed by atoms with Crippen LogP contribution in [-0.2, 0) is 12.8 Å². The van der Waals surface area contributed by atoms with E-state index in [0.29, 0.717) is 11.1 Å². The molecule has 0 aliphatic heterocycles. The molecule has 4 nitrogen and oxygen atoms in total. The summed E-state index contributed by atoms with van der Waals surface area (Å²) in [4.78, 5) is 0. The average molecular weight is 235 g/mol. The van der Waals surface area contributed by atoms with Crippen molar-refractivity contribution in [3.8, 4) is 0 Å². The van der Waals surface area contributed by atoms with Gasteiger partial charge in [-0.25, -0.2) is 0 Å². The molecular formula is C11H13N3OS. The summed E-state index contributed by atoms with van der Waals surface area (Å²) in [5.74, 6) is 0.660. The van der Waals surface area contributed by atoms with Gasteiger partial charge in [0.05, 0.1) is 0 Å². The van der Waals surface area contributed by atoms with Crippen LogP contribution in [0.3, 0.4) is 0 Å². The lowest BCUT2D eigenvalue weighted by Gasteiger charge is -2.02. The van der Waals surface area contributed by atoms with E-state index in [2.05, 4.69) is 10.2 Å². The zero-order valence-electron chi connectivity index (χ0n) is 9.01. The highest BCUT2D eigenvalue weighted by Gasteiger charge is 2.06. The van der Waals surface area contributed by atoms with Gasteiger partial charge in [0.1, 0.15) is 0 Å². The summed E-state index contributed by atoms with van der Waals surface area (Å²) in [6, 6.07) is 7.82. The van der Waals surface area contributed by atoms with Crippen LogP contribution < -0.4 is 5.73 Å². The molecular weight excluding hydrogens is 222 g/mol. The van der Waals surface area contributed by atoms with Crippen LogP contribution in [0.5, 0.6) is 0 Å². The maximum absolute atomic E-state index is 5.85. The van der Waals surface area contributed by atoms with Gasteiger partial charge in [-0.1, -0.05) is 30.0 Å². The lowest BCUT2D eigenvalue weighted by molar-refractivity contribution is 0.413. The molecule has 1 heterocycles. The highest BCUT2D eigenvalue weighted by molar-refractivity contribution is 7.98.